The molecule has 0 spiro atoms. The Morgan fingerprint density at radius 1 is 1.24 bits per heavy atom. The Hall–Kier alpha value is -0.600. The molecule has 0 amide bonds. The molecule has 17 heavy (non-hydrogen) atoms. The van der Waals surface area contributed by atoms with Gasteiger partial charge in [0, 0.05) is 15.6 Å². The molecule has 0 saturated heterocycles. The van der Waals surface area contributed by atoms with Crippen LogP contribution >= 0.6 is 27.5 Å². The molecule has 0 atom stereocenters. The van der Waals surface area contributed by atoms with E-state index in [0.29, 0.717) is 0 Å². The second-order valence-electron chi connectivity index (χ2n) is 4.16. The number of hydrogen-bond donors (Lipinski definition) is 0. The molecule has 0 aliphatic heterocycles. The number of benzene rings is 1. The fraction of sp³-hybridized carbons (Fsp3) is 0.357. The summed E-state index contributed by atoms with van der Waals surface area (Å²) in [6, 6.07) is 6.15. The molecule has 0 aliphatic carbocycles. The molecule has 0 bridgehead atoms. The minimum atomic E-state index is 0.800. The lowest BCUT2D eigenvalue weighted by Gasteiger charge is -2.09. The van der Waals surface area contributed by atoms with Crippen molar-refractivity contribution in [2.24, 2.45) is 0 Å². The first kappa shape index (κ1) is 12.8. The fourth-order valence-electron chi connectivity index (χ4n) is 2.02. The lowest BCUT2D eigenvalue weighted by Crippen LogP contribution is -1.94. The van der Waals surface area contributed by atoms with Crippen molar-refractivity contribution in [2.75, 3.05) is 0 Å². The van der Waals surface area contributed by atoms with Crippen LogP contribution < -0.4 is 0 Å². The zero-order chi connectivity index (χ0) is 12.4. The van der Waals surface area contributed by atoms with E-state index in [2.05, 4.69) is 35.8 Å². The van der Waals surface area contributed by atoms with Crippen molar-refractivity contribution in [1.29, 1.82) is 0 Å². The number of fused-ring (bicyclic) bond motifs is 1. The number of hydrogen-bond acceptors (Lipinski definition) is 1. The fourth-order valence-corrected chi connectivity index (χ4v) is 2.80. The third kappa shape index (κ3) is 2.63. The molecule has 0 unspecified atom stereocenters. The number of pyridine rings is 1. The van der Waals surface area contributed by atoms with Crippen LogP contribution in [0.15, 0.2) is 22.7 Å². The van der Waals surface area contributed by atoms with Crippen molar-refractivity contribution in [3.63, 3.8) is 0 Å². The number of rotatable bonds is 3. The number of nitrogens with zero attached hydrogens (tertiary/aromatic N) is 1. The first-order valence-electron chi connectivity index (χ1n) is 5.93. The molecule has 0 radical (unpaired) electrons. The summed E-state index contributed by atoms with van der Waals surface area (Å²) in [6.07, 6.45) is 3.04. The number of aryl methyl sites for hydroxylation is 2. The van der Waals surface area contributed by atoms with Crippen LogP contribution in [0.1, 0.15) is 31.5 Å². The van der Waals surface area contributed by atoms with Gasteiger partial charge in [-0.3, -0.25) is 4.98 Å². The van der Waals surface area contributed by atoms with Gasteiger partial charge in [0.15, 0.2) is 0 Å². The largest absolute Gasteiger partial charge is 0.252 e. The van der Waals surface area contributed by atoms with Crippen molar-refractivity contribution >= 4 is 38.4 Å². The van der Waals surface area contributed by atoms with E-state index in [0.717, 1.165) is 45.4 Å². The summed E-state index contributed by atoms with van der Waals surface area (Å²) in [5.74, 6) is 0. The summed E-state index contributed by atoms with van der Waals surface area (Å²) in [4.78, 5) is 4.73. The van der Waals surface area contributed by atoms with Gasteiger partial charge in [0.25, 0.3) is 0 Å². The van der Waals surface area contributed by atoms with Crippen molar-refractivity contribution in [3.05, 3.63) is 39.0 Å². The number of halogens is 2. The van der Waals surface area contributed by atoms with Crippen LogP contribution in [0.4, 0.5) is 0 Å². The van der Waals surface area contributed by atoms with Gasteiger partial charge in [-0.25, -0.2) is 0 Å². The smallest absolute Gasteiger partial charge is 0.0752 e. The maximum Gasteiger partial charge on any atom is 0.0752 e. The second kappa shape index (κ2) is 5.36. The molecule has 0 saturated carbocycles. The van der Waals surface area contributed by atoms with E-state index in [4.69, 9.17) is 16.6 Å². The highest BCUT2D eigenvalue weighted by molar-refractivity contribution is 9.10. The van der Waals surface area contributed by atoms with Crippen LogP contribution in [0.25, 0.3) is 10.9 Å². The SMILES string of the molecule is CCCc1cc(Cl)c2cc(Br)cc(CC)c2n1. The van der Waals surface area contributed by atoms with Gasteiger partial charge >= 0.3 is 0 Å². The summed E-state index contributed by atoms with van der Waals surface area (Å²) in [7, 11) is 0. The molecule has 0 aliphatic rings. The molecule has 0 N–H and O–H groups in total. The van der Waals surface area contributed by atoms with E-state index >= 15 is 0 Å². The average molecular weight is 313 g/mol. The van der Waals surface area contributed by atoms with Crippen molar-refractivity contribution in [1.82, 2.24) is 4.98 Å². The molecule has 2 rings (SSSR count). The summed E-state index contributed by atoms with van der Waals surface area (Å²) < 4.78 is 1.06. The molecule has 1 aromatic carbocycles. The van der Waals surface area contributed by atoms with Crippen LogP contribution in [-0.2, 0) is 12.8 Å². The predicted octanol–water partition coefficient (Wildman–Crippen LogP) is 5.17. The molecular formula is C14H15BrClN. The molecule has 90 valence electrons. The minimum Gasteiger partial charge on any atom is -0.252 e. The van der Waals surface area contributed by atoms with Crippen LogP contribution in [-0.4, -0.2) is 4.98 Å². The van der Waals surface area contributed by atoms with Crippen LogP contribution in [0.5, 0.6) is 0 Å². The van der Waals surface area contributed by atoms with Crippen LogP contribution in [0.2, 0.25) is 5.02 Å². The minimum absolute atomic E-state index is 0.800. The van der Waals surface area contributed by atoms with Gasteiger partial charge in [-0.05, 0) is 36.6 Å². The van der Waals surface area contributed by atoms with E-state index in [9.17, 15) is 0 Å². The molecule has 0 fully saturated rings. The summed E-state index contributed by atoms with van der Waals surface area (Å²) in [5.41, 5.74) is 3.38. The summed E-state index contributed by atoms with van der Waals surface area (Å²) >= 11 is 9.86. The summed E-state index contributed by atoms with van der Waals surface area (Å²) in [5, 5.41) is 1.84. The molecule has 1 heterocycles. The van der Waals surface area contributed by atoms with E-state index in [1.165, 1.54) is 5.56 Å². The van der Waals surface area contributed by atoms with Crippen molar-refractivity contribution in [2.45, 2.75) is 33.1 Å². The van der Waals surface area contributed by atoms with Gasteiger partial charge in [0.2, 0.25) is 0 Å². The quantitative estimate of drug-likeness (QED) is 0.762. The molecule has 3 heteroatoms. The van der Waals surface area contributed by atoms with Gasteiger partial charge in [0.1, 0.15) is 0 Å². The molecule has 1 aromatic heterocycles. The normalized spacial score (nSPS) is 11.1. The van der Waals surface area contributed by atoms with Crippen molar-refractivity contribution < 1.29 is 0 Å². The van der Waals surface area contributed by atoms with E-state index in [1.807, 2.05) is 12.1 Å². The Morgan fingerprint density at radius 3 is 2.65 bits per heavy atom. The molecular weight excluding hydrogens is 298 g/mol. The first-order chi connectivity index (χ1) is 8.15. The third-order valence-electron chi connectivity index (χ3n) is 2.85. The lowest BCUT2D eigenvalue weighted by atomic mass is 10.1. The van der Waals surface area contributed by atoms with Gasteiger partial charge in [-0.2, -0.15) is 0 Å². The molecule has 2 aromatic rings. The Balaban J connectivity index is 2.72. The van der Waals surface area contributed by atoms with Gasteiger partial charge < -0.3 is 0 Å². The van der Waals surface area contributed by atoms with Crippen molar-refractivity contribution in [3.8, 4) is 0 Å². The van der Waals surface area contributed by atoms with Crippen LogP contribution in [0, 0.1) is 0 Å². The second-order valence-corrected chi connectivity index (χ2v) is 5.48. The van der Waals surface area contributed by atoms with Gasteiger partial charge in [-0.15, -0.1) is 0 Å². The van der Waals surface area contributed by atoms with E-state index < -0.39 is 0 Å². The predicted molar refractivity (Wildman–Crippen MR) is 77.8 cm³/mol. The van der Waals surface area contributed by atoms with Gasteiger partial charge in [-0.1, -0.05) is 47.8 Å². The highest BCUT2D eigenvalue weighted by Gasteiger charge is 2.08. The van der Waals surface area contributed by atoms with Gasteiger partial charge in [0.05, 0.1) is 10.5 Å². The maximum absolute atomic E-state index is 6.34. The third-order valence-corrected chi connectivity index (χ3v) is 3.62. The Morgan fingerprint density at radius 2 is 2.00 bits per heavy atom. The topological polar surface area (TPSA) is 12.9 Å². The lowest BCUT2D eigenvalue weighted by molar-refractivity contribution is 0.888. The Kier molecular flexibility index (Phi) is 4.05. The highest BCUT2D eigenvalue weighted by Crippen LogP contribution is 2.29. The van der Waals surface area contributed by atoms with E-state index in [1.54, 1.807) is 0 Å². The monoisotopic (exact) mass is 311 g/mol. The number of aromatic nitrogens is 1. The first-order valence-corrected chi connectivity index (χ1v) is 7.10. The van der Waals surface area contributed by atoms with Crippen LogP contribution in [0.3, 0.4) is 0 Å². The van der Waals surface area contributed by atoms with E-state index in [-0.39, 0.29) is 0 Å². The highest BCUT2D eigenvalue weighted by atomic mass is 79.9. The Bertz CT molecular complexity index is 551. The molecule has 1 nitrogen and oxygen atoms in total. The summed E-state index contributed by atoms with van der Waals surface area (Å²) in [6.45, 7) is 4.30. The maximum atomic E-state index is 6.34. The standard InChI is InChI=1S/C14H15BrClN/c1-3-5-11-8-13(16)12-7-10(15)6-9(4-2)14(12)17-11/h6-8H,3-5H2,1-2H3. The Labute approximate surface area is 115 Å². The average Bonchev–Trinajstić information content (AvgIpc) is 2.30. The zero-order valence-electron chi connectivity index (χ0n) is 10.1. The zero-order valence-corrected chi connectivity index (χ0v) is 12.4.